The van der Waals surface area contributed by atoms with Crippen molar-refractivity contribution in [3.8, 4) is 0 Å². The lowest BCUT2D eigenvalue weighted by molar-refractivity contribution is -0.117. The van der Waals surface area contributed by atoms with Gasteiger partial charge in [-0.15, -0.1) is 0 Å². The van der Waals surface area contributed by atoms with Crippen LogP contribution in [0.2, 0.25) is 0 Å². The van der Waals surface area contributed by atoms with E-state index in [4.69, 9.17) is 5.73 Å². The van der Waals surface area contributed by atoms with Gasteiger partial charge in [-0.25, -0.2) is 0 Å². The summed E-state index contributed by atoms with van der Waals surface area (Å²) >= 11 is 0. The van der Waals surface area contributed by atoms with Crippen LogP contribution < -0.4 is 11.1 Å². The zero-order chi connectivity index (χ0) is 13.7. The van der Waals surface area contributed by atoms with Crippen LogP contribution in [0.4, 0.5) is 5.69 Å². The van der Waals surface area contributed by atoms with Crippen molar-refractivity contribution in [1.29, 1.82) is 0 Å². The third kappa shape index (κ3) is 3.84. The highest BCUT2D eigenvalue weighted by Crippen LogP contribution is 2.21. The number of carbonyl (C=O) groups excluding carboxylic acids is 1. The number of rotatable bonds is 5. The molecule has 3 N–H and O–H groups in total. The minimum absolute atomic E-state index is 0.0901. The molecule has 0 aromatic heterocycles. The minimum Gasteiger partial charge on any atom is -0.324 e. The van der Waals surface area contributed by atoms with E-state index in [-0.39, 0.29) is 5.91 Å². The Morgan fingerprint density at radius 2 is 2.06 bits per heavy atom. The average molecular weight is 248 g/mol. The van der Waals surface area contributed by atoms with Gasteiger partial charge >= 0.3 is 0 Å². The number of anilines is 1. The number of amides is 1. The van der Waals surface area contributed by atoms with Gasteiger partial charge in [-0.05, 0) is 36.8 Å². The first kappa shape index (κ1) is 14.7. The molecule has 100 valence electrons. The molecule has 0 aliphatic rings. The molecular weight excluding hydrogens is 224 g/mol. The van der Waals surface area contributed by atoms with Crippen molar-refractivity contribution in [3.63, 3.8) is 0 Å². The van der Waals surface area contributed by atoms with Crippen molar-refractivity contribution in [1.82, 2.24) is 0 Å². The molecule has 0 saturated carbocycles. The van der Waals surface area contributed by atoms with Crippen molar-refractivity contribution >= 4 is 11.6 Å². The Morgan fingerprint density at radius 1 is 1.39 bits per heavy atom. The number of para-hydroxylation sites is 1. The van der Waals surface area contributed by atoms with Gasteiger partial charge in [-0.2, -0.15) is 0 Å². The molecule has 1 amide bonds. The van der Waals surface area contributed by atoms with E-state index in [1.807, 2.05) is 25.1 Å². The molecule has 1 aromatic rings. The van der Waals surface area contributed by atoms with Crippen LogP contribution in [-0.2, 0) is 11.2 Å². The van der Waals surface area contributed by atoms with Gasteiger partial charge in [0.2, 0.25) is 5.91 Å². The van der Waals surface area contributed by atoms with Crippen LogP contribution in [0.1, 0.15) is 38.3 Å². The fourth-order valence-corrected chi connectivity index (χ4v) is 2.03. The predicted molar refractivity (Wildman–Crippen MR) is 76.6 cm³/mol. The molecule has 0 saturated heterocycles. The first-order chi connectivity index (χ1) is 8.45. The predicted octanol–water partition coefficient (Wildman–Crippen LogP) is 2.87. The topological polar surface area (TPSA) is 55.1 Å². The van der Waals surface area contributed by atoms with Crippen molar-refractivity contribution in [3.05, 3.63) is 29.3 Å². The van der Waals surface area contributed by atoms with Crippen LogP contribution in [-0.4, -0.2) is 11.9 Å². The van der Waals surface area contributed by atoms with Gasteiger partial charge in [0.1, 0.15) is 0 Å². The van der Waals surface area contributed by atoms with Crippen LogP contribution in [0, 0.1) is 12.8 Å². The molecule has 18 heavy (non-hydrogen) atoms. The lowest BCUT2D eigenvalue weighted by Gasteiger charge is -2.17. The van der Waals surface area contributed by atoms with E-state index >= 15 is 0 Å². The van der Waals surface area contributed by atoms with Crippen LogP contribution in [0.15, 0.2) is 18.2 Å². The Labute approximate surface area is 110 Å². The largest absolute Gasteiger partial charge is 0.324 e. The highest BCUT2D eigenvalue weighted by atomic mass is 16.2. The molecule has 1 atom stereocenters. The average Bonchev–Trinajstić information content (AvgIpc) is 2.30. The maximum absolute atomic E-state index is 12.0. The normalized spacial score (nSPS) is 12.6. The van der Waals surface area contributed by atoms with Gasteiger partial charge in [-0.1, -0.05) is 39.0 Å². The Balaban J connectivity index is 2.81. The summed E-state index contributed by atoms with van der Waals surface area (Å²) in [5, 5.41) is 2.97. The Bertz CT molecular complexity index is 413. The van der Waals surface area contributed by atoms with Crippen LogP contribution in [0.25, 0.3) is 0 Å². The summed E-state index contributed by atoms with van der Waals surface area (Å²) in [6, 6.07) is 5.62. The number of benzene rings is 1. The number of hydrogen-bond donors (Lipinski definition) is 2. The van der Waals surface area contributed by atoms with E-state index in [1.54, 1.807) is 0 Å². The zero-order valence-corrected chi connectivity index (χ0v) is 11.8. The smallest absolute Gasteiger partial charge is 0.241 e. The maximum atomic E-state index is 12.0. The van der Waals surface area contributed by atoms with E-state index in [9.17, 15) is 4.79 Å². The minimum atomic E-state index is -0.436. The molecule has 1 rings (SSSR count). The SMILES string of the molecule is CCc1cccc(C)c1NC(=O)[C@@H](N)CC(C)C. The van der Waals surface area contributed by atoms with E-state index in [0.717, 1.165) is 23.2 Å². The molecule has 0 spiro atoms. The number of nitrogens with one attached hydrogen (secondary N) is 1. The molecule has 0 aliphatic carbocycles. The first-order valence-electron chi connectivity index (χ1n) is 6.60. The van der Waals surface area contributed by atoms with Crippen LogP contribution in [0.3, 0.4) is 0 Å². The molecule has 0 radical (unpaired) electrons. The Hall–Kier alpha value is -1.35. The van der Waals surface area contributed by atoms with Crippen molar-refractivity contribution in [2.75, 3.05) is 5.32 Å². The summed E-state index contributed by atoms with van der Waals surface area (Å²) < 4.78 is 0. The van der Waals surface area contributed by atoms with Gasteiger partial charge in [0.15, 0.2) is 0 Å². The van der Waals surface area contributed by atoms with Gasteiger partial charge in [-0.3, -0.25) is 4.79 Å². The highest BCUT2D eigenvalue weighted by molar-refractivity contribution is 5.96. The second-order valence-corrected chi connectivity index (χ2v) is 5.19. The second-order valence-electron chi connectivity index (χ2n) is 5.19. The molecular formula is C15H24N2O. The second kappa shape index (κ2) is 6.55. The van der Waals surface area contributed by atoms with Crippen LogP contribution >= 0.6 is 0 Å². The Morgan fingerprint density at radius 3 is 2.61 bits per heavy atom. The Kier molecular flexibility index (Phi) is 5.35. The molecule has 0 fully saturated rings. The molecule has 3 nitrogen and oxygen atoms in total. The van der Waals surface area contributed by atoms with E-state index in [2.05, 4.69) is 26.1 Å². The van der Waals surface area contributed by atoms with Crippen molar-refractivity contribution in [2.24, 2.45) is 11.7 Å². The van der Waals surface area contributed by atoms with Gasteiger partial charge < -0.3 is 11.1 Å². The fraction of sp³-hybridized carbons (Fsp3) is 0.533. The number of hydrogen-bond acceptors (Lipinski definition) is 2. The molecule has 0 bridgehead atoms. The molecule has 1 aromatic carbocycles. The van der Waals surface area contributed by atoms with Crippen molar-refractivity contribution < 1.29 is 4.79 Å². The third-order valence-electron chi connectivity index (χ3n) is 3.05. The lowest BCUT2D eigenvalue weighted by atomic mass is 10.0. The zero-order valence-electron chi connectivity index (χ0n) is 11.8. The summed E-state index contributed by atoms with van der Waals surface area (Å²) in [5.41, 5.74) is 9.05. The summed E-state index contributed by atoms with van der Waals surface area (Å²) in [6.45, 7) is 8.22. The highest BCUT2D eigenvalue weighted by Gasteiger charge is 2.16. The first-order valence-corrected chi connectivity index (χ1v) is 6.60. The summed E-state index contributed by atoms with van der Waals surface area (Å²) in [5.74, 6) is 0.334. The summed E-state index contributed by atoms with van der Waals surface area (Å²) in [6.07, 6.45) is 1.61. The van der Waals surface area contributed by atoms with E-state index < -0.39 is 6.04 Å². The maximum Gasteiger partial charge on any atom is 0.241 e. The molecule has 3 heteroatoms. The van der Waals surface area contributed by atoms with Crippen molar-refractivity contribution in [2.45, 2.75) is 46.6 Å². The number of carbonyl (C=O) groups is 1. The van der Waals surface area contributed by atoms with Crippen LogP contribution in [0.5, 0.6) is 0 Å². The molecule has 0 heterocycles. The number of aryl methyl sites for hydroxylation is 2. The van der Waals surface area contributed by atoms with Gasteiger partial charge in [0.05, 0.1) is 6.04 Å². The van der Waals surface area contributed by atoms with Gasteiger partial charge in [0.25, 0.3) is 0 Å². The molecule has 0 unspecified atom stereocenters. The monoisotopic (exact) mass is 248 g/mol. The quantitative estimate of drug-likeness (QED) is 0.842. The summed E-state index contributed by atoms with van der Waals surface area (Å²) in [4.78, 5) is 12.0. The fourth-order valence-electron chi connectivity index (χ4n) is 2.03. The third-order valence-corrected chi connectivity index (χ3v) is 3.05. The lowest BCUT2D eigenvalue weighted by Crippen LogP contribution is -2.37. The van der Waals surface area contributed by atoms with E-state index in [0.29, 0.717) is 12.3 Å². The van der Waals surface area contributed by atoms with E-state index in [1.165, 1.54) is 0 Å². The molecule has 0 aliphatic heterocycles. The standard InChI is InChI=1S/C15H24N2O/c1-5-12-8-6-7-11(4)14(12)17-15(18)13(16)9-10(2)3/h6-8,10,13H,5,9,16H2,1-4H3,(H,17,18)/t13-/m0/s1. The van der Waals surface area contributed by atoms with Gasteiger partial charge in [0, 0.05) is 5.69 Å². The number of nitrogens with two attached hydrogens (primary N) is 1. The summed E-state index contributed by atoms with van der Waals surface area (Å²) in [7, 11) is 0.